The van der Waals surface area contributed by atoms with Gasteiger partial charge in [-0.25, -0.2) is 4.98 Å². The summed E-state index contributed by atoms with van der Waals surface area (Å²) in [6, 6.07) is 7.80. The van der Waals surface area contributed by atoms with Crippen LogP contribution in [0.5, 0.6) is 5.88 Å². The molecule has 1 aromatic carbocycles. The fourth-order valence-electron chi connectivity index (χ4n) is 2.36. The number of anilines is 2. The number of halogens is 3. The first-order valence-electron chi connectivity index (χ1n) is 8.62. The maximum Gasteiger partial charge on any atom is 0.423 e. The van der Waals surface area contributed by atoms with Crippen molar-refractivity contribution in [1.82, 2.24) is 9.97 Å². The van der Waals surface area contributed by atoms with E-state index in [0.29, 0.717) is 0 Å². The molecule has 0 radical (unpaired) electrons. The van der Waals surface area contributed by atoms with Gasteiger partial charge in [0.05, 0.1) is 6.61 Å². The summed E-state index contributed by atoms with van der Waals surface area (Å²) >= 11 is 0. The predicted octanol–water partition coefficient (Wildman–Crippen LogP) is 5.25. The quantitative estimate of drug-likeness (QED) is 0.670. The van der Waals surface area contributed by atoms with Crippen LogP contribution in [0.3, 0.4) is 0 Å². The lowest BCUT2D eigenvalue weighted by Gasteiger charge is -2.20. The summed E-state index contributed by atoms with van der Waals surface area (Å²) in [7, 11) is 1.71. The minimum absolute atomic E-state index is 0.0818. The van der Waals surface area contributed by atoms with Crippen LogP contribution < -0.4 is 9.64 Å². The van der Waals surface area contributed by atoms with Gasteiger partial charge >= 0.3 is 6.18 Å². The minimum atomic E-state index is -4.56. The van der Waals surface area contributed by atoms with Crippen LogP contribution in [-0.2, 0) is 12.6 Å². The van der Waals surface area contributed by atoms with Gasteiger partial charge in [0, 0.05) is 18.9 Å². The number of ether oxygens (including phenoxy) is 1. The van der Waals surface area contributed by atoms with Crippen LogP contribution in [0.4, 0.5) is 24.8 Å². The van der Waals surface area contributed by atoms with Gasteiger partial charge in [0.15, 0.2) is 0 Å². The van der Waals surface area contributed by atoms with E-state index in [-0.39, 0.29) is 18.5 Å². The van der Waals surface area contributed by atoms with Crippen molar-refractivity contribution < 1.29 is 17.9 Å². The number of nitrogens with zero attached hydrogens (tertiary/aromatic N) is 3. The van der Waals surface area contributed by atoms with E-state index in [1.807, 2.05) is 38.1 Å². The second-order valence-corrected chi connectivity index (χ2v) is 6.57. The Hall–Kier alpha value is -2.31. The molecule has 0 N–H and O–H groups in total. The van der Waals surface area contributed by atoms with E-state index in [9.17, 15) is 13.2 Å². The minimum Gasteiger partial charge on any atom is -0.477 e. The van der Waals surface area contributed by atoms with Gasteiger partial charge in [0.25, 0.3) is 0 Å². The van der Waals surface area contributed by atoms with Crippen molar-refractivity contribution in [2.75, 3.05) is 18.6 Å². The molecule has 0 fully saturated rings. The SMILES string of the molecule is CCCc1ccc(N(C)c2ncc(C(F)(F)F)c(OCC(C)C)n2)cc1. The maximum atomic E-state index is 13.2. The van der Waals surface area contributed by atoms with Crippen LogP contribution in [0.25, 0.3) is 0 Å². The third-order valence-corrected chi connectivity index (χ3v) is 3.76. The van der Waals surface area contributed by atoms with Crippen molar-refractivity contribution in [3.63, 3.8) is 0 Å². The molecular weight excluding hydrogens is 343 g/mol. The topological polar surface area (TPSA) is 38.2 Å². The standard InChI is InChI=1S/C19H24F3N3O/c1-5-6-14-7-9-15(10-8-14)25(4)18-23-11-16(19(20,21)22)17(24-18)26-12-13(2)3/h7-11,13H,5-6,12H2,1-4H3. The van der Waals surface area contributed by atoms with E-state index in [4.69, 9.17) is 4.74 Å². The summed E-state index contributed by atoms with van der Waals surface area (Å²) in [5.41, 5.74) is 1.03. The molecule has 0 aliphatic heterocycles. The van der Waals surface area contributed by atoms with Gasteiger partial charge in [-0.05, 0) is 30.0 Å². The Morgan fingerprint density at radius 2 is 1.81 bits per heavy atom. The van der Waals surface area contributed by atoms with Crippen LogP contribution in [0.2, 0.25) is 0 Å². The zero-order chi connectivity index (χ0) is 19.3. The highest BCUT2D eigenvalue weighted by molar-refractivity contribution is 5.57. The van der Waals surface area contributed by atoms with Crippen molar-refractivity contribution >= 4 is 11.6 Å². The van der Waals surface area contributed by atoms with Crippen molar-refractivity contribution in [3.8, 4) is 5.88 Å². The second-order valence-electron chi connectivity index (χ2n) is 6.57. The van der Waals surface area contributed by atoms with Crippen molar-refractivity contribution in [2.24, 2.45) is 5.92 Å². The van der Waals surface area contributed by atoms with Crippen LogP contribution in [0.15, 0.2) is 30.5 Å². The number of benzene rings is 1. The largest absolute Gasteiger partial charge is 0.477 e. The molecule has 0 aliphatic rings. The third-order valence-electron chi connectivity index (χ3n) is 3.76. The molecular formula is C19H24F3N3O. The fraction of sp³-hybridized carbons (Fsp3) is 0.474. The highest BCUT2D eigenvalue weighted by Gasteiger charge is 2.36. The molecule has 0 saturated heterocycles. The molecule has 0 saturated carbocycles. The lowest BCUT2D eigenvalue weighted by atomic mass is 10.1. The Bertz CT molecular complexity index is 715. The van der Waals surface area contributed by atoms with Gasteiger partial charge in [-0.1, -0.05) is 39.3 Å². The fourth-order valence-corrected chi connectivity index (χ4v) is 2.36. The van der Waals surface area contributed by atoms with E-state index in [0.717, 1.165) is 24.7 Å². The van der Waals surface area contributed by atoms with Crippen LogP contribution in [0, 0.1) is 5.92 Å². The summed E-state index contributed by atoms with van der Waals surface area (Å²) in [5.74, 6) is -0.205. The lowest BCUT2D eigenvalue weighted by molar-refractivity contribution is -0.139. The van der Waals surface area contributed by atoms with Gasteiger partial charge in [0.2, 0.25) is 11.8 Å². The number of alkyl halides is 3. The Kier molecular flexibility index (Phi) is 6.45. The molecule has 0 atom stereocenters. The zero-order valence-electron chi connectivity index (χ0n) is 15.5. The van der Waals surface area contributed by atoms with Gasteiger partial charge in [0.1, 0.15) is 5.56 Å². The Morgan fingerprint density at radius 3 is 2.35 bits per heavy atom. The molecule has 7 heteroatoms. The first-order chi connectivity index (χ1) is 12.2. The summed E-state index contributed by atoms with van der Waals surface area (Å²) in [6.07, 6.45) is -1.76. The van der Waals surface area contributed by atoms with E-state index < -0.39 is 17.6 Å². The molecule has 0 unspecified atom stereocenters. The van der Waals surface area contributed by atoms with Crippen LogP contribution >= 0.6 is 0 Å². The summed E-state index contributed by atoms with van der Waals surface area (Å²) in [5, 5.41) is 0. The molecule has 2 aromatic rings. The van der Waals surface area contributed by atoms with E-state index in [1.165, 1.54) is 5.56 Å². The third kappa shape index (κ3) is 5.09. The van der Waals surface area contributed by atoms with E-state index in [2.05, 4.69) is 16.9 Å². The van der Waals surface area contributed by atoms with Gasteiger partial charge in [-0.15, -0.1) is 0 Å². The molecule has 4 nitrogen and oxygen atoms in total. The predicted molar refractivity (Wildman–Crippen MR) is 95.9 cm³/mol. The second kappa shape index (κ2) is 8.38. The molecule has 142 valence electrons. The first kappa shape index (κ1) is 20.0. The Labute approximate surface area is 152 Å². The number of rotatable bonds is 7. The molecule has 0 bridgehead atoms. The van der Waals surface area contributed by atoms with Gasteiger partial charge < -0.3 is 9.64 Å². The highest BCUT2D eigenvalue weighted by atomic mass is 19.4. The summed E-state index contributed by atoms with van der Waals surface area (Å²) in [6.45, 7) is 5.97. The number of aromatic nitrogens is 2. The van der Waals surface area contributed by atoms with Crippen LogP contribution in [-0.4, -0.2) is 23.6 Å². The molecule has 0 amide bonds. The van der Waals surface area contributed by atoms with Crippen molar-refractivity contribution in [1.29, 1.82) is 0 Å². The van der Waals surface area contributed by atoms with Gasteiger partial charge in [-0.3, -0.25) is 0 Å². The zero-order valence-corrected chi connectivity index (χ0v) is 15.5. The summed E-state index contributed by atoms with van der Waals surface area (Å²) in [4.78, 5) is 9.54. The number of hydrogen-bond donors (Lipinski definition) is 0. The smallest absolute Gasteiger partial charge is 0.423 e. The Morgan fingerprint density at radius 1 is 1.15 bits per heavy atom. The molecule has 2 rings (SSSR count). The van der Waals surface area contributed by atoms with Gasteiger partial charge in [-0.2, -0.15) is 18.2 Å². The molecule has 0 spiro atoms. The highest BCUT2D eigenvalue weighted by Crippen LogP contribution is 2.36. The van der Waals surface area contributed by atoms with Crippen molar-refractivity contribution in [3.05, 3.63) is 41.6 Å². The number of hydrogen-bond acceptors (Lipinski definition) is 4. The number of aryl methyl sites for hydroxylation is 1. The Balaban J connectivity index is 2.31. The van der Waals surface area contributed by atoms with E-state index in [1.54, 1.807) is 11.9 Å². The average molecular weight is 367 g/mol. The summed E-state index contributed by atoms with van der Waals surface area (Å²) < 4.78 is 44.8. The van der Waals surface area contributed by atoms with Crippen molar-refractivity contribution in [2.45, 2.75) is 39.8 Å². The van der Waals surface area contributed by atoms with E-state index >= 15 is 0 Å². The maximum absolute atomic E-state index is 13.2. The normalized spacial score (nSPS) is 11.7. The monoisotopic (exact) mass is 367 g/mol. The molecule has 1 aromatic heterocycles. The lowest BCUT2D eigenvalue weighted by Crippen LogP contribution is -2.18. The molecule has 26 heavy (non-hydrogen) atoms. The molecule has 0 aliphatic carbocycles. The van der Waals surface area contributed by atoms with Crippen LogP contribution in [0.1, 0.15) is 38.3 Å². The average Bonchev–Trinajstić information content (AvgIpc) is 2.59. The first-order valence-corrected chi connectivity index (χ1v) is 8.62. The molecule has 1 heterocycles.